The van der Waals surface area contributed by atoms with Crippen molar-refractivity contribution in [1.82, 2.24) is 4.98 Å². The highest BCUT2D eigenvalue weighted by molar-refractivity contribution is 6.33. The van der Waals surface area contributed by atoms with Crippen LogP contribution in [-0.2, 0) is 9.47 Å². The van der Waals surface area contributed by atoms with E-state index in [1.807, 2.05) is 0 Å². The van der Waals surface area contributed by atoms with Crippen LogP contribution < -0.4 is 0 Å². The zero-order valence-corrected chi connectivity index (χ0v) is 15.8. The molecule has 0 saturated carbocycles. The van der Waals surface area contributed by atoms with E-state index in [0.29, 0.717) is 16.8 Å². The average Bonchev–Trinajstić information content (AvgIpc) is 2.89. The number of benzene rings is 1. The number of ether oxygens (including phenoxy) is 2. The molecular formula is C19H20ClNO5. The quantitative estimate of drug-likeness (QED) is 0.609. The van der Waals surface area contributed by atoms with E-state index >= 15 is 0 Å². The number of carbonyl (C=O) groups is 3. The molecule has 0 amide bonds. The van der Waals surface area contributed by atoms with Crippen LogP contribution in [-0.4, -0.2) is 35.4 Å². The summed E-state index contributed by atoms with van der Waals surface area (Å²) in [4.78, 5) is 39.8. The van der Waals surface area contributed by atoms with Gasteiger partial charge in [-0.2, -0.15) is 0 Å². The van der Waals surface area contributed by atoms with Gasteiger partial charge in [0.25, 0.3) is 0 Å². The summed E-state index contributed by atoms with van der Waals surface area (Å²) in [5, 5.41) is 0.244. The third kappa shape index (κ3) is 3.96. The number of nitrogens with one attached hydrogen (secondary N) is 1. The molecule has 0 aliphatic heterocycles. The summed E-state index contributed by atoms with van der Waals surface area (Å²) in [7, 11) is 0. The second-order valence-electron chi connectivity index (χ2n) is 5.74. The van der Waals surface area contributed by atoms with E-state index in [2.05, 4.69) is 4.98 Å². The van der Waals surface area contributed by atoms with Gasteiger partial charge in [0.1, 0.15) is 0 Å². The molecule has 0 spiro atoms. The van der Waals surface area contributed by atoms with Crippen molar-refractivity contribution >= 4 is 29.3 Å². The summed E-state index contributed by atoms with van der Waals surface area (Å²) >= 11 is 5.97. The van der Waals surface area contributed by atoms with Crippen LogP contribution in [0.5, 0.6) is 0 Å². The molecule has 6 nitrogen and oxygen atoms in total. The molecule has 1 heterocycles. The molecule has 0 bridgehead atoms. The lowest BCUT2D eigenvalue weighted by molar-refractivity contribution is 0.0317. The number of aryl methyl sites for hydroxylation is 1. The van der Waals surface area contributed by atoms with Crippen molar-refractivity contribution in [3.63, 3.8) is 0 Å². The topological polar surface area (TPSA) is 85.5 Å². The predicted molar refractivity (Wildman–Crippen MR) is 96.9 cm³/mol. The van der Waals surface area contributed by atoms with Crippen LogP contribution in [0.15, 0.2) is 24.3 Å². The molecule has 1 N–H and O–H groups in total. The highest BCUT2D eigenvalue weighted by Gasteiger charge is 2.28. The first-order valence-corrected chi connectivity index (χ1v) is 8.51. The lowest BCUT2D eigenvalue weighted by Crippen LogP contribution is -2.25. The number of ketones is 1. The van der Waals surface area contributed by atoms with E-state index in [4.69, 9.17) is 21.1 Å². The van der Waals surface area contributed by atoms with Gasteiger partial charge < -0.3 is 14.5 Å². The number of esters is 2. The van der Waals surface area contributed by atoms with E-state index in [1.165, 1.54) is 13.0 Å². The second-order valence-corrected chi connectivity index (χ2v) is 6.14. The smallest absolute Gasteiger partial charge is 0.340 e. The maximum atomic E-state index is 12.7. The van der Waals surface area contributed by atoms with Gasteiger partial charge in [0.2, 0.25) is 5.78 Å². The standard InChI is InChI=1S/C19H20ClNO5/c1-5-25-19(24)15-10(2)16(21-11(15)3)17(22)12(4)26-18(23)13-8-6-7-9-14(13)20/h6-9,12,21H,5H2,1-4H3/t12-/m0/s1. The number of rotatable bonds is 6. The van der Waals surface area contributed by atoms with Crippen LogP contribution in [0, 0.1) is 13.8 Å². The van der Waals surface area contributed by atoms with Crippen molar-refractivity contribution in [2.45, 2.75) is 33.8 Å². The van der Waals surface area contributed by atoms with E-state index in [9.17, 15) is 14.4 Å². The molecule has 0 aliphatic carbocycles. The highest BCUT2D eigenvalue weighted by atomic mass is 35.5. The SMILES string of the molecule is CCOC(=O)c1c(C)[nH]c(C(=O)[C@H](C)OC(=O)c2ccccc2Cl)c1C. The molecule has 2 aromatic rings. The molecule has 1 aromatic carbocycles. The third-order valence-corrected chi connectivity index (χ3v) is 4.24. The fourth-order valence-electron chi connectivity index (χ4n) is 2.61. The Bertz CT molecular complexity index is 856. The largest absolute Gasteiger partial charge is 0.462 e. The van der Waals surface area contributed by atoms with Gasteiger partial charge in [0, 0.05) is 5.69 Å². The molecule has 2 rings (SSSR count). The van der Waals surface area contributed by atoms with E-state index in [-0.39, 0.29) is 22.9 Å². The molecule has 0 aliphatic rings. The Morgan fingerprint density at radius 3 is 2.42 bits per heavy atom. The molecule has 0 radical (unpaired) electrons. The Labute approximate surface area is 156 Å². The molecule has 0 unspecified atom stereocenters. The van der Waals surface area contributed by atoms with Gasteiger partial charge in [0.15, 0.2) is 6.10 Å². The predicted octanol–water partition coefficient (Wildman–Crippen LogP) is 3.89. The monoisotopic (exact) mass is 377 g/mol. The normalized spacial score (nSPS) is 11.7. The fraction of sp³-hybridized carbons (Fsp3) is 0.316. The first-order chi connectivity index (χ1) is 12.3. The first-order valence-electron chi connectivity index (χ1n) is 8.13. The minimum atomic E-state index is -1.05. The van der Waals surface area contributed by atoms with Crippen LogP contribution in [0.25, 0.3) is 0 Å². The summed E-state index contributed by atoms with van der Waals surface area (Å²) in [6.07, 6.45) is -1.05. The van der Waals surface area contributed by atoms with Gasteiger partial charge in [-0.05, 0) is 45.4 Å². The van der Waals surface area contributed by atoms with Crippen LogP contribution in [0.2, 0.25) is 5.02 Å². The highest BCUT2D eigenvalue weighted by Crippen LogP contribution is 2.22. The summed E-state index contributed by atoms with van der Waals surface area (Å²) in [5.41, 5.74) is 1.70. The average molecular weight is 378 g/mol. The molecule has 1 atom stereocenters. The number of carbonyl (C=O) groups excluding carboxylic acids is 3. The first kappa shape index (κ1) is 19.7. The molecule has 1 aromatic heterocycles. The Morgan fingerprint density at radius 1 is 1.15 bits per heavy atom. The molecule has 0 fully saturated rings. The number of aromatic amines is 1. The van der Waals surface area contributed by atoms with E-state index in [0.717, 1.165) is 0 Å². The van der Waals surface area contributed by atoms with Crippen molar-refractivity contribution in [2.75, 3.05) is 6.61 Å². The van der Waals surface area contributed by atoms with E-state index < -0.39 is 23.8 Å². The van der Waals surface area contributed by atoms with Crippen molar-refractivity contribution in [3.05, 3.63) is 57.4 Å². The number of aromatic nitrogens is 1. The summed E-state index contributed by atoms with van der Waals surface area (Å²) < 4.78 is 10.2. The molecule has 26 heavy (non-hydrogen) atoms. The van der Waals surface area contributed by atoms with Gasteiger partial charge in [-0.1, -0.05) is 23.7 Å². The van der Waals surface area contributed by atoms with Gasteiger partial charge in [-0.15, -0.1) is 0 Å². The maximum absolute atomic E-state index is 12.7. The summed E-state index contributed by atoms with van der Waals surface area (Å²) in [6, 6.07) is 6.42. The summed E-state index contributed by atoms with van der Waals surface area (Å²) in [6.45, 7) is 6.73. The molecular weight excluding hydrogens is 358 g/mol. The van der Waals surface area contributed by atoms with Crippen molar-refractivity contribution in [1.29, 1.82) is 0 Å². The fourth-order valence-corrected chi connectivity index (χ4v) is 2.83. The zero-order valence-electron chi connectivity index (χ0n) is 15.0. The molecule has 0 saturated heterocycles. The van der Waals surface area contributed by atoms with Crippen molar-refractivity contribution in [3.8, 4) is 0 Å². The van der Waals surface area contributed by atoms with E-state index in [1.54, 1.807) is 39.0 Å². The number of hydrogen-bond acceptors (Lipinski definition) is 5. The van der Waals surface area contributed by atoms with Crippen molar-refractivity contribution < 1.29 is 23.9 Å². The minimum absolute atomic E-state index is 0.181. The zero-order chi connectivity index (χ0) is 19.4. The van der Waals surface area contributed by atoms with Gasteiger partial charge >= 0.3 is 11.9 Å². The van der Waals surface area contributed by atoms with Crippen LogP contribution >= 0.6 is 11.6 Å². The Morgan fingerprint density at radius 2 is 1.81 bits per heavy atom. The maximum Gasteiger partial charge on any atom is 0.340 e. The number of Topliss-reactive ketones (excluding diaryl/α,β-unsaturated/α-hetero) is 1. The Hall–Kier alpha value is -2.60. The molecule has 138 valence electrons. The number of hydrogen-bond donors (Lipinski definition) is 1. The second kappa shape index (κ2) is 8.19. The lowest BCUT2D eigenvalue weighted by atomic mass is 10.1. The lowest BCUT2D eigenvalue weighted by Gasteiger charge is -2.13. The third-order valence-electron chi connectivity index (χ3n) is 3.91. The Kier molecular flexibility index (Phi) is 6.21. The van der Waals surface area contributed by atoms with Gasteiger partial charge in [-0.25, -0.2) is 9.59 Å². The van der Waals surface area contributed by atoms with Gasteiger partial charge in [-0.3, -0.25) is 4.79 Å². The summed E-state index contributed by atoms with van der Waals surface area (Å²) in [5.74, 6) is -1.64. The Balaban J connectivity index is 2.21. The number of H-pyrrole nitrogens is 1. The van der Waals surface area contributed by atoms with Gasteiger partial charge in [0.05, 0.1) is 28.5 Å². The van der Waals surface area contributed by atoms with Crippen LogP contribution in [0.1, 0.15) is 56.3 Å². The van der Waals surface area contributed by atoms with Crippen molar-refractivity contribution in [2.24, 2.45) is 0 Å². The number of halogens is 1. The van der Waals surface area contributed by atoms with Crippen LogP contribution in [0.3, 0.4) is 0 Å². The van der Waals surface area contributed by atoms with Crippen LogP contribution in [0.4, 0.5) is 0 Å². The molecule has 7 heteroatoms. The minimum Gasteiger partial charge on any atom is -0.462 e.